The van der Waals surface area contributed by atoms with Gasteiger partial charge in [-0.05, 0) is 47.0 Å². The summed E-state index contributed by atoms with van der Waals surface area (Å²) in [6, 6.07) is 6.45. The molecule has 1 N–H and O–H groups in total. The van der Waals surface area contributed by atoms with E-state index in [1.54, 1.807) is 29.3 Å². The number of benzene rings is 1. The van der Waals surface area contributed by atoms with Crippen LogP contribution in [0.4, 0.5) is 4.39 Å². The Morgan fingerprint density at radius 3 is 2.81 bits per heavy atom. The van der Waals surface area contributed by atoms with Gasteiger partial charge in [0.25, 0.3) is 5.91 Å². The SMILES string of the molecule is O=C(c1cc(Br)c[nH]1)N(Cc1c(F)cccc1Cl)C1CC1. The second-order valence-electron chi connectivity index (χ2n) is 5.10. The van der Waals surface area contributed by atoms with Crippen molar-refractivity contribution in [2.24, 2.45) is 0 Å². The number of carbonyl (C=O) groups is 1. The molecule has 6 heteroatoms. The molecule has 3 nitrogen and oxygen atoms in total. The predicted octanol–water partition coefficient (Wildman–Crippen LogP) is 4.37. The molecular formula is C15H13BrClFN2O. The molecule has 110 valence electrons. The van der Waals surface area contributed by atoms with E-state index in [0.29, 0.717) is 16.3 Å². The van der Waals surface area contributed by atoms with Crippen LogP contribution in [-0.2, 0) is 6.54 Å². The van der Waals surface area contributed by atoms with Crippen molar-refractivity contribution in [1.82, 2.24) is 9.88 Å². The zero-order valence-electron chi connectivity index (χ0n) is 11.1. The van der Waals surface area contributed by atoms with Crippen molar-refractivity contribution in [2.75, 3.05) is 0 Å². The molecule has 21 heavy (non-hydrogen) atoms. The molecule has 1 amide bonds. The number of amides is 1. The predicted molar refractivity (Wildman–Crippen MR) is 82.8 cm³/mol. The largest absolute Gasteiger partial charge is 0.356 e. The average Bonchev–Trinajstić information content (AvgIpc) is 3.19. The second kappa shape index (κ2) is 5.81. The summed E-state index contributed by atoms with van der Waals surface area (Å²) in [4.78, 5) is 17.2. The van der Waals surface area contributed by atoms with Crippen LogP contribution in [0, 0.1) is 5.82 Å². The Morgan fingerprint density at radius 2 is 2.24 bits per heavy atom. The van der Waals surface area contributed by atoms with E-state index in [1.165, 1.54) is 6.07 Å². The highest BCUT2D eigenvalue weighted by atomic mass is 79.9. The van der Waals surface area contributed by atoms with Crippen LogP contribution in [0.25, 0.3) is 0 Å². The van der Waals surface area contributed by atoms with E-state index in [4.69, 9.17) is 11.6 Å². The van der Waals surface area contributed by atoms with E-state index >= 15 is 0 Å². The Kier molecular flexibility index (Phi) is 4.04. The lowest BCUT2D eigenvalue weighted by atomic mass is 10.2. The maximum atomic E-state index is 13.9. The lowest BCUT2D eigenvalue weighted by Gasteiger charge is -2.22. The summed E-state index contributed by atoms with van der Waals surface area (Å²) in [5.74, 6) is -0.517. The number of hydrogen-bond donors (Lipinski definition) is 1. The van der Waals surface area contributed by atoms with E-state index in [1.807, 2.05) is 0 Å². The van der Waals surface area contributed by atoms with Crippen molar-refractivity contribution in [3.05, 3.63) is 57.0 Å². The number of rotatable bonds is 4. The molecule has 0 atom stereocenters. The van der Waals surface area contributed by atoms with Crippen LogP contribution in [0.1, 0.15) is 28.9 Å². The Hall–Kier alpha value is -1.33. The zero-order chi connectivity index (χ0) is 15.0. The van der Waals surface area contributed by atoms with E-state index in [9.17, 15) is 9.18 Å². The van der Waals surface area contributed by atoms with Gasteiger partial charge in [0.05, 0.1) is 6.54 Å². The first-order valence-corrected chi connectivity index (χ1v) is 7.81. The normalized spacial score (nSPS) is 14.2. The lowest BCUT2D eigenvalue weighted by Crippen LogP contribution is -2.33. The molecule has 1 aliphatic rings. The Morgan fingerprint density at radius 1 is 1.48 bits per heavy atom. The van der Waals surface area contributed by atoms with Crippen molar-refractivity contribution in [3.8, 4) is 0 Å². The van der Waals surface area contributed by atoms with Crippen LogP contribution in [-0.4, -0.2) is 21.8 Å². The molecule has 0 unspecified atom stereocenters. The van der Waals surface area contributed by atoms with Crippen LogP contribution in [0.5, 0.6) is 0 Å². The van der Waals surface area contributed by atoms with Crippen molar-refractivity contribution >= 4 is 33.4 Å². The quantitative estimate of drug-likeness (QED) is 0.851. The van der Waals surface area contributed by atoms with Gasteiger partial charge < -0.3 is 9.88 Å². The average molecular weight is 372 g/mol. The fourth-order valence-electron chi connectivity index (χ4n) is 2.25. The summed E-state index contributed by atoms with van der Waals surface area (Å²) in [7, 11) is 0. The molecule has 1 saturated carbocycles. The van der Waals surface area contributed by atoms with E-state index in [0.717, 1.165) is 17.3 Å². The van der Waals surface area contributed by atoms with Crippen LogP contribution in [0.3, 0.4) is 0 Å². The van der Waals surface area contributed by atoms with Gasteiger partial charge in [-0.15, -0.1) is 0 Å². The summed E-state index contributed by atoms with van der Waals surface area (Å²) in [6.45, 7) is 0.186. The van der Waals surface area contributed by atoms with Gasteiger partial charge in [0, 0.05) is 27.3 Å². The van der Waals surface area contributed by atoms with Crippen LogP contribution < -0.4 is 0 Å². The fourth-order valence-corrected chi connectivity index (χ4v) is 2.82. The van der Waals surface area contributed by atoms with Crippen molar-refractivity contribution < 1.29 is 9.18 Å². The molecule has 1 aromatic carbocycles. The van der Waals surface area contributed by atoms with Crippen molar-refractivity contribution in [2.45, 2.75) is 25.4 Å². The summed E-state index contributed by atoms with van der Waals surface area (Å²) >= 11 is 9.37. The minimum atomic E-state index is -0.381. The number of H-pyrrole nitrogens is 1. The maximum absolute atomic E-state index is 13.9. The minimum absolute atomic E-state index is 0.137. The number of aromatic nitrogens is 1. The molecule has 1 aromatic heterocycles. The van der Waals surface area contributed by atoms with Crippen molar-refractivity contribution in [1.29, 1.82) is 0 Å². The molecule has 1 heterocycles. The number of carbonyl (C=O) groups excluding carboxylic acids is 1. The maximum Gasteiger partial charge on any atom is 0.270 e. The van der Waals surface area contributed by atoms with Crippen LogP contribution in [0.2, 0.25) is 5.02 Å². The highest BCUT2D eigenvalue weighted by Gasteiger charge is 2.34. The van der Waals surface area contributed by atoms with Gasteiger partial charge in [-0.1, -0.05) is 17.7 Å². The molecular weight excluding hydrogens is 359 g/mol. The van der Waals surface area contributed by atoms with Gasteiger partial charge in [0.2, 0.25) is 0 Å². The second-order valence-corrected chi connectivity index (χ2v) is 6.42. The standard InChI is InChI=1S/C15H13BrClFN2O/c16-9-6-14(19-7-9)15(21)20(10-4-5-10)8-11-12(17)2-1-3-13(11)18/h1-3,6-7,10,19H,4-5,8H2. The lowest BCUT2D eigenvalue weighted by molar-refractivity contribution is 0.0723. The third-order valence-electron chi connectivity index (χ3n) is 3.52. The first-order chi connectivity index (χ1) is 10.1. The number of hydrogen-bond acceptors (Lipinski definition) is 1. The van der Waals surface area contributed by atoms with E-state index in [-0.39, 0.29) is 24.3 Å². The summed E-state index contributed by atoms with van der Waals surface area (Å²) < 4.78 is 14.7. The molecule has 1 aliphatic carbocycles. The molecule has 1 fully saturated rings. The van der Waals surface area contributed by atoms with Crippen molar-refractivity contribution in [3.63, 3.8) is 0 Å². The Labute approximate surface area is 135 Å². The summed E-state index contributed by atoms with van der Waals surface area (Å²) in [5.41, 5.74) is 0.853. The molecule has 0 aliphatic heterocycles. The summed E-state index contributed by atoms with van der Waals surface area (Å²) in [5, 5.41) is 0.348. The molecule has 0 radical (unpaired) electrons. The fraction of sp³-hybridized carbons (Fsp3) is 0.267. The monoisotopic (exact) mass is 370 g/mol. The number of halogens is 3. The van der Waals surface area contributed by atoms with Gasteiger partial charge in [0.1, 0.15) is 11.5 Å². The van der Waals surface area contributed by atoms with E-state index < -0.39 is 0 Å². The van der Waals surface area contributed by atoms with Gasteiger partial charge in [0.15, 0.2) is 0 Å². The highest BCUT2D eigenvalue weighted by molar-refractivity contribution is 9.10. The zero-order valence-corrected chi connectivity index (χ0v) is 13.4. The van der Waals surface area contributed by atoms with Gasteiger partial charge >= 0.3 is 0 Å². The highest BCUT2D eigenvalue weighted by Crippen LogP contribution is 2.32. The Balaban J connectivity index is 1.87. The molecule has 0 saturated heterocycles. The van der Waals surface area contributed by atoms with Crippen LogP contribution in [0.15, 0.2) is 34.9 Å². The van der Waals surface area contributed by atoms with Gasteiger partial charge in [-0.2, -0.15) is 0 Å². The third-order valence-corrected chi connectivity index (χ3v) is 4.33. The first-order valence-electron chi connectivity index (χ1n) is 6.64. The number of nitrogens with one attached hydrogen (secondary N) is 1. The summed E-state index contributed by atoms with van der Waals surface area (Å²) in [6.07, 6.45) is 3.59. The Bertz CT molecular complexity index is 664. The molecule has 0 bridgehead atoms. The number of nitrogens with zero attached hydrogens (tertiary/aromatic N) is 1. The number of aromatic amines is 1. The topological polar surface area (TPSA) is 36.1 Å². The first kappa shape index (κ1) is 14.6. The molecule has 3 rings (SSSR count). The molecule has 0 spiro atoms. The third kappa shape index (κ3) is 3.14. The van der Waals surface area contributed by atoms with Gasteiger partial charge in [-0.3, -0.25) is 4.79 Å². The molecule has 2 aromatic rings. The van der Waals surface area contributed by atoms with E-state index in [2.05, 4.69) is 20.9 Å². The minimum Gasteiger partial charge on any atom is -0.356 e. The van der Waals surface area contributed by atoms with Gasteiger partial charge in [-0.25, -0.2) is 4.39 Å². The van der Waals surface area contributed by atoms with Crippen LogP contribution >= 0.6 is 27.5 Å². The smallest absolute Gasteiger partial charge is 0.270 e.